The molecule has 0 bridgehead atoms. The molecule has 2 atom stereocenters. The number of benzene rings is 1. The third kappa shape index (κ3) is 1.54. The van der Waals surface area contributed by atoms with Crippen LogP contribution in [0.2, 0.25) is 0 Å². The van der Waals surface area contributed by atoms with Gasteiger partial charge in [-0.1, -0.05) is 12.1 Å². The minimum Gasteiger partial charge on any atom is -0.508 e. The van der Waals surface area contributed by atoms with E-state index in [-0.39, 0.29) is 6.61 Å². The SMILES string of the molecule is OCC1CCC1c1cccc(O)c1. The minimum absolute atomic E-state index is 0.264. The van der Waals surface area contributed by atoms with Crippen molar-refractivity contribution in [2.24, 2.45) is 5.92 Å². The molecular formula is C11H14O2. The normalized spacial score (nSPS) is 26.8. The summed E-state index contributed by atoms with van der Waals surface area (Å²) in [5.41, 5.74) is 1.16. The number of hydrogen-bond donors (Lipinski definition) is 2. The van der Waals surface area contributed by atoms with E-state index in [2.05, 4.69) is 0 Å². The molecule has 0 amide bonds. The highest BCUT2D eigenvalue weighted by molar-refractivity contribution is 5.31. The lowest BCUT2D eigenvalue weighted by Crippen LogP contribution is -2.26. The summed E-state index contributed by atoms with van der Waals surface area (Å²) in [5.74, 6) is 1.18. The second kappa shape index (κ2) is 3.38. The third-order valence-electron chi connectivity index (χ3n) is 2.95. The molecule has 0 spiro atoms. The lowest BCUT2D eigenvalue weighted by Gasteiger charge is -2.35. The van der Waals surface area contributed by atoms with Gasteiger partial charge in [0.2, 0.25) is 0 Å². The molecule has 0 radical (unpaired) electrons. The molecule has 2 heteroatoms. The second-order valence-corrected chi connectivity index (χ2v) is 3.72. The van der Waals surface area contributed by atoms with Gasteiger partial charge < -0.3 is 10.2 Å². The predicted molar refractivity (Wildman–Crippen MR) is 50.7 cm³/mol. The maximum Gasteiger partial charge on any atom is 0.115 e. The largest absolute Gasteiger partial charge is 0.508 e. The summed E-state index contributed by atoms with van der Waals surface area (Å²) in [4.78, 5) is 0. The van der Waals surface area contributed by atoms with E-state index in [0.29, 0.717) is 17.6 Å². The van der Waals surface area contributed by atoms with Crippen LogP contribution in [0.1, 0.15) is 24.3 Å². The van der Waals surface area contributed by atoms with Crippen LogP contribution in [0.5, 0.6) is 5.75 Å². The number of aliphatic hydroxyl groups excluding tert-OH is 1. The Morgan fingerprint density at radius 2 is 2.15 bits per heavy atom. The highest BCUT2D eigenvalue weighted by Gasteiger charge is 2.31. The standard InChI is InChI=1S/C11H14O2/c12-7-9-4-5-11(9)8-2-1-3-10(13)6-8/h1-3,6,9,11-13H,4-5,7H2. The predicted octanol–water partition coefficient (Wildman–Crippen LogP) is 1.88. The van der Waals surface area contributed by atoms with Crippen molar-refractivity contribution in [2.75, 3.05) is 6.61 Å². The van der Waals surface area contributed by atoms with Crippen LogP contribution in [0.4, 0.5) is 0 Å². The summed E-state index contributed by atoms with van der Waals surface area (Å²) in [5, 5.41) is 18.3. The van der Waals surface area contributed by atoms with E-state index in [1.807, 2.05) is 12.1 Å². The zero-order valence-electron chi connectivity index (χ0n) is 7.48. The molecule has 1 aliphatic rings. The molecule has 2 rings (SSSR count). The quantitative estimate of drug-likeness (QED) is 0.726. The van der Waals surface area contributed by atoms with Crippen molar-refractivity contribution in [2.45, 2.75) is 18.8 Å². The van der Waals surface area contributed by atoms with Crippen LogP contribution in [0.3, 0.4) is 0 Å². The van der Waals surface area contributed by atoms with Crippen LogP contribution in [0.25, 0.3) is 0 Å². The van der Waals surface area contributed by atoms with Crippen molar-refractivity contribution in [3.8, 4) is 5.75 Å². The Bertz CT molecular complexity index is 294. The summed E-state index contributed by atoms with van der Waals surface area (Å²) in [6.45, 7) is 0.264. The van der Waals surface area contributed by atoms with Crippen LogP contribution in [-0.2, 0) is 0 Å². The summed E-state index contributed by atoms with van der Waals surface area (Å²) >= 11 is 0. The fourth-order valence-corrected chi connectivity index (χ4v) is 1.98. The van der Waals surface area contributed by atoms with Crippen LogP contribution in [0, 0.1) is 5.92 Å². The molecule has 1 aromatic carbocycles. The van der Waals surface area contributed by atoms with Crippen LogP contribution in [-0.4, -0.2) is 16.8 Å². The molecule has 1 fully saturated rings. The number of rotatable bonds is 2. The van der Waals surface area contributed by atoms with E-state index >= 15 is 0 Å². The van der Waals surface area contributed by atoms with E-state index in [1.165, 1.54) is 0 Å². The topological polar surface area (TPSA) is 40.5 Å². The van der Waals surface area contributed by atoms with Gasteiger partial charge in [-0.15, -0.1) is 0 Å². The maximum atomic E-state index is 9.28. The van der Waals surface area contributed by atoms with E-state index < -0.39 is 0 Å². The summed E-state index contributed by atoms with van der Waals surface area (Å²) in [7, 11) is 0. The Morgan fingerprint density at radius 1 is 1.31 bits per heavy atom. The molecule has 1 aliphatic carbocycles. The fraction of sp³-hybridized carbons (Fsp3) is 0.455. The first kappa shape index (κ1) is 8.57. The highest BCUT2D eigenvalue weighted by Crippen LogP contribution is 2.42. The molecule has 70 valence electrons. The smallest absolute Gasteiger partial charge is 0.115 e. The molecule has 13 heavy (non-hydrogen) atoms. The molecule has 1 saturated carbocycles. The first-order valence-corrected chi connectivity index (χ1v) is 4.71. The van der Waals surface area contributed by atoms with Gasteiger partial charge in [0.15, 0.2) is 0 Å². The lowest BCUT2D eigenvalue weighted by molar-refractivity contribution is 0.135. The van der Waals surface area contributed by atoms with Gasteiger partial charge in [-0.3, -0.25) is 0 Å². The molecule has 2 N–H and O–H groups in total. The van der Waals surface area contributed by atoms with Gasteiger partial charge in [-0.05, 0) is 42.4 Å². The number of phenolic OH excluding ortho intramolecular Hbond substituents is 1. The molecule has 0 heterocycles. The molecule has 0 aliphatic heterocycles. The zero-order chi connectivity index (χ0) is 9.26. The van der Waals surface area contributed by atoms with Crippen molar-refractivity contribution in [3.63, 3.8) is 0 Å². The Balaban J connectivity index is 2.16. The molecule has 1 aromatic rings. The van der Waals surface area contributed by atoms with Gasteiger partial charge in [0, 0.05) is 6.61 Å². The number of phenols is 1. The van der Waals surface area contributed by atoms with Gasteiger partial charge in [0.05, 0.1) is 0 Å². The van der Waals surface area contributed by atoms with Crippen LogP contribution >= 0.6 is 0 Å². The first-order valence-electron chi connectivity index (χ1n) is 4.71. The van der Waals surface area contributed by atoms with Crippen molar-refractivity contribution in [1.82, 2.24) is 0 Å². The van der Waals surface area contributed by atoms with Gasteiger partial charge in [-0.25, -0.2) is 0 Å². The number of aromatic hydroxyl groups is 1. The van der Waals surface area contributed by atoms with E-state index in [0.717, 1.165) is 18.4 Å². The first-order chi connectivity index (χ1) is 6.31. The van der Waals surface area contributed by atoms with Gasteiger partial charge in [0.1, 0.15) is 5.75 Å². The second-order valence-electron chi connectivity index (χ2n) is 3.72. The average molecular weight is 178 g/mol. The van der Waals surface area contributed by atoms with Crippen molar-refractivity contribution in [3.05, 3.63) is 29.8 Å². The molecule has 0 saturated heterocycles. The van der Waals surface area contributed by atoms with E-state index in [1.54, 1.807) is 12.1 Å². The Kier molecular flexibility index (Phi) is 2.23. The minimum atomic E-state index is 0.264. The lowest BCUT2D eigenvalue weighted by atomic mass is 9.70. The molecule has 2 unspecified atom stereocenters. The summed E-state index contributed by atoms with van der Waals surface area (Å²) < 4.78 is 0. The summed E-state index contributed by atoms with van der Waals surface area (Å²) in [6.07, 6.45) is 2.24. The fourth-order valence-electron chi connectivity index (χ4n) is 1.98. The number of aliphatic hydroxyl groups is 1. The zero-order valence-corrected chi connectivity index (χ0v) is 7.48. The maximum absolute atomic E-state index is 9.28. The summed E-state index contributed by atoms with van der Waals surface area (Å²) in [6, 6.07) is 7.35. The van der Waals surface area contributed by atoms with Crippen molar-refractivity contribution >= 4 is 0 Å². The van der Waals surface area contributed by atoms with Gasteiger partial charge in [0.25, 0.3) is 0 Å². The average Bonchev–Trinajstić information content (AvgIpc) is 2.03. The van der Waals surface area contributed by atoms with Crippen LogP contribution in [0.15, 0.2) is 24.3 Å². The number of hydrogen-bond acceptors (Lipinski definition) is 2. The van der Waals surface area contributed by atoms with Gasteiger partial charge >= 0.3 is 0 Å². The Hall–Kier alpha value is -1.02. The Morgan fingerprint density at radius 3 is 2.69 bits per heavy atom. The molecular weight excluding hydrogens is 164 g/mol. The van der Waals surface area contributed by atoms with E-state index in [9.17, 15) is 5.11 Å². The van der Waals surface area contributed by atoms with Crippen molar-refractivity contribution in [1.29, 1.82) is 0 Å². The van der Waals surface area contributed by atoms with Gasteiger partial charge in [-0.2, -0.15) is 0 Å². The van der Waals surface area contributed by atoms with Crippen molar-refractivity contribution < 1.29 is 10.2 Å². The monoisotopic (exact) mass is 178 g/mol. The molecule has 2 nitrogen and oxygen atoms in total. The Labute approximate surface area is 77.8 Å². The molecule has 0 aromatic heterocycles. The van der Waals surface area contributed by atoms with Crippen LogP contribution < -0.4 is 0 Å². The third-order valence-corrected chi connectivity index (χ3v) is 2.95. The van der Waals surface area contributed by atoms with E-state index in [4.69, 9.17) is 5.11 Å². The highest BCUT2D eigenvalue weighted by atomic mass is 16.3.